The van der Waals surface area contributed by atoms with Gasteiger partial charge in [0, 0.05) is 13.1 Å². The highest BCUT2D eigenvalue weighted by Gasteiger charge is 2.18. The third-order valence-electron chi connectivity index (χ3n) is 2.91. The molecule has 1 rings (SSSR count). The zero-order chi connectivity index (χ0) is 14.1. The average molecular weight is 264 g/mol. The van der Waals surface area contributed by atoms with Crippen LogP contribution in [-0.2, 0) is 11.3 Å². The molecule has 0 heterocycles. The van der Waals surface area contributed by atoms with Crippen molar-refractivity contribution >= 4 is 5.91 Å². The second kappa shape index (κ2) is 7.92. The maximum atomic E-state index is 11.6. The van der Waals surface area contributed by atoms with Crippen molar-refractivity contribution in [1.82, 2.24) is 10.6 Å². The van der Waals surface area contributed by atoms with Gasteiger partial charge >= 0.3 is 0 Å². The van der Waals surface area contributed by atoms with Gasteiger partial charge < -0.3 is 15.7 Å². The number of nitrogens with one attached hydrogen (secondary N) is 2. The van der Waals surface area contributed by atoms with E-state index >= 15 is 0 Å². The van der Waals surface area contributed by atoms with Crippen LogP contribution in [0.5, 0.6) is 0 Å². The van der Waals surface area contributed by atoms with Crippen LogP contribution in [0.2, 0.25) is 0 Å². The zero-order valence-electron chi connectivity index (χ0n) is 11.8. The Morgan fingerprint density at radius 2 is 2.00 bits per heavy atom. The number of hydrogen-bond acceptors (Lipinski definition) is 3. The lowest BCUT2D eigenvalue weighted by Gasteiger charge is -2.22. The molecule has 19 heavy (non-hydrogen) atoms. The number of benzene rings is 1. The van der Waals surface area contributed by atoms with E-state index in [0.717, 1.165) is 18.4 Å². The van der Waals surface area contributed by atoms with E-state index in [-0.39, 0.29) is 12.5 Å². The normalized spacial score (nSPS) is 13.8. The quantitative estimate of drug-likeness (QED) is 0.666. The van der Waals surface area contributed by atoms with Crippen LogP contribution in [0.3, 0.4) is 0 Å². The van der Waals surface area contributed by atoms with Crippen molar-refractivity contribution in [2.45, 2.75) is 38.8 Å². The Labute approximate surface area is 115 Å². The molecule has 0 saturated carbocycles. The molecule has 0 spiro atoms. The van der Waals surface area contributed by atoms with Crippen LogP contribution in [0.25, 0.3) is 0 Å². The molecule has 106 valence electrons. The first kappa shape index (κ1) is 15.7. The molecule has 0 aliphatic heterocycles. The number of rotatable bonds is 8. The number of aliphatic hydroxyl groups is 1. The van der Waals surface area contributed by atoms with Gasteiger partial charge in [0.25, 0.3) is 0 Å². The highest BCUT2D eigenvalue weighted by molar-refractivity contribution is 5.77. The van der Waals surface area contributed by atoms with Crippen LogP contribution in [-0.4, -0.2) is 29.7 Å². The largest absolute Gasteiger partial charge is 0.389 e. The van der Waals surface area contributed by atoms with E-state index in [2.05, 4.69) is 10.6 Å². The summed E-state index contributed by atoms with van der Waals surface area (Å²) in [6, 6.07) is 9.78. The van der Waals surface area contributed by atoms with E-state index in [1.165, 1.54) is 0 Å². The molecule has 0 radical (unpaired) electrons. The molecule has 1 amide bonds. The van der Waals surface area contributed by atoms with E-state index in [1.54, 1.807) is 6.92 Å². The van der Waals surface area contributed by atoms with Gasteiger partial charge in [-0.15, -0.1) is 0 Å². The van der Waals surface area contributed by atoms with Gasteiger partial charge in [-0.1, -0.05) is 43.7 Å². The standard InChI is InChI=1S/C15H24N2O2/c1-3-9-15(2,19)12-16-11-14(18)17-10-13-7-5-4-6-8-13/h4-8,16,19H,3,9-12H2,1-2H3,(H,17,18). The molecule has 4 heteroatoms. The van der Waals surface area contributed by atoms with Crippen LogP contribution in [0.15, 0.2) is 30.3 Å². The number of hydrogen-bond donors (Lipinski definition) is 3. The number of amides is 1. The Balaban J connectivity index is 2.18. The topological polar surface area (TPSA) is 61.4 Å². The Morgan fingerprint density at radius 1 is 1.32 bits per heavy atom. The first-order valence-corrected chi connectivity index (χ1v) is 6.77. The summed E-state index contributed by atoms with van der Waals surface area (Å²) in [7, 11) is 0. The van der Waals surface area contributed by atoms with Gasteiger partial charge in [-0.25, -0.2) is 0 Å². The minimum absolute atomic E-state index is 0.0591. The average Bonchev–Trinajstić information content (AvgIpc) is 2.37. The molecule has 0 aliphatic rings. The van der Waals surface area contributed by atoms with E-state index in [1.807, 2.05) is 37.3 Å². The SMILES string of the molecule is CCCC(C)(O)CNCC(=O)NCc1ccccc1. The summed E-state index contributed by atoms with van der Waals surface area (Å²) < 4.78 is 0. The van der Waals surface area contributed by atoms with Gasteiger partial charge in [0.15, 0.2) is 0 Å². The fraction of sp³-hybridized carbons (Fsp3) is 0.533. The van der Waals surface area contributed by atoms with Gasteiger partial charge in [0.1, 0.15) is 0 Å². The van der Waals surface area contributed by atoms with Gasteiger partial charge in [-0.2, -0.15) is 0 Å². The second-order valence-corrected chi connectivity index (χ2v) is 5.11. The fourth-order valence-electron chi connectivity index (χ4n) is 1.93. The Bertz CT molecular complexity index is 377. The van der Waals surface area contributed by atoms with Crippen molar-refractivity contribution in [2.24, 2.45) is 0 Å². The lowest BCUT2D eigenvalue weighted by molar-refractivity contribution is -0.120. The molecule has 3 N–H and O–H groups in total. The Hall–Kier alpha value is -1.39. The highest BCUT2D eigenvalue weighted by Crippen LogP contribution is 2.09. The lowest BCUT2D eigenvalue weighted by atomic mass is 10.0. The summed E-state index contributed by atoms with van der Waals surface area (Å²) in [6.07, 6.45) is 1.65. The molecule has 4 nitrogen and oxygen atoms in total. The van der Waals surface area contributed by atoms with Crippen LogP contribution >= 0.6 is 0 Å². The summed E-state index contributed by atoms with van der Waals surface area (Å²) in [5.74, 6) is -0.0591. The molecule has 1 aromatic rings. The molecule has 0 bridgehead atoms. The third-order valence-corrected chi connectivity index (χ3v) is 2.91. The molecule has 1 unspecified atom stereocenters. The first-order valence-electron chi connectivity index (χ1n) is 6.77. The summed E-state index contributed by atoms with van der Waals surface area (Å²) in [6.45, 7) is 5.01. The van der Waals surface area contributed by atoms with Crippen molar-refractivity contribution in [3.05, 3.63) is 35.9 Å². The number of carbonyl (C=O) groups is 1. The van der Waals surface area contributed by atoms with Crippen molar-refractivity contribution < 1.29 is 9.90 Å². The van der Waals surface area contributed by atoms with Crippen LogP contribution in [0, 0.1) is 0 Å². The van der Waals surface area contributed by atoms with E-state index < -0.39 is 5.60 Å². The van der Waals surface area contributed by atoms with Gasteiger partial charge in [-0.05, 0) is 18.9 Å². The van der Waals surface area contributed by atoms with Gasteiger partial charge in [0.05, 0.1) is 12.1 Å². The monoisotopic (exact) mass is 264 g/mol. The smallest absolute Gasteiger partial charge is 0.234 e. The predicted molar refractivity (Wildman–Crippen MR) is 76.7 cm³/mol. The van der Waals surface area contributed by atoms with E-state index in [9.17, 15) is 9.90 Å². The van der Waals surface area contributed by atoms with Crippen molar-refractivity contribution in [2.75, 3.05) is 13.1 Å². The van der Waals surface area contributed by atoms with Crippen LogP contribution in [0.1, 0.15) is 32.3 Å². The highest BCUT2D eigenvalue weighted by atomic mass is 16.3. The number of carbonyl (C=O) groups excluding carboxylic acids is 1. The lowest BCUT2D eigenvalue weighted by Crippen LogP contribution is -2.42. The summed E-state index contributed by atoms with van der Waals surface area (Å²) in [4.78, 5) is 11.6. The van der Waals surface area contributed by atoms with Crippen molar-refractivity contribution in [1.29, 1.82) is 0 Å². The minimum atomic E-state index is -0.742. The van der Waals surface area contributed by atoms with Crippen molar-refractivity contribution in [3.8, 4) is 0 Å². The summed E-state index contributed by atoms with van der Waals surface area (Å²) in [5.41, 5.74) is 0.336. The second-order valence-electron chi connectivity index (χ2n) is 5.11. The van der Waals surface area contributed by atoms with Crippen molar-refractivity contribution in [3.63, 3.8) is 0 Å². The molecule has 1 atom stereocenters. The van der Waals surface area contributed by atoms with Crippen LogP contribution < -0.4 is 10.6 Å². The van der Waals surface area contributed by atoms with Crippen LogP contribution in [0.4, 0.5) is 0 Å². The Kier molecular flexibility index (Phi) is 6.53. The molecule has 0 aromatic heterocycles. The molecule has 0 aliphatic carbocycles. The molecular weight excluding hydrogens is 240 g/mol. The van der Waals surface area contributed by atoms with Gasteiger partial charge in [0.2, 0.25) is 5.91 Å². The van der Waals surface area contributed by atoms with E-state index in [0.29, 0.717) is 13.1 Å². The molecule has 0 fully saturated rings. The first-order chi connectivity index (χ1) is 9.03. The summed E-state index contributed by atoms with van der Waals surface area (Å²) in [5, 5.41) is 15.8. The maximum absolute atomic E-state index is 11.6. The predicted octanol–water partition coefficient (Wildman–Crippen LogP) is 1.44. The molecule has 1 aromatic carbocycles. The maximum Gasteiger partial charge on any atom is 0.234 e. The fourth-order valence-corrected chi connectivity index (χ4v) is 1.93. The van der Waals surface area contributed by atoms with E-state index in [4.69, 9.17) is 0 Å². The molecular formula is C15H24N2O2. The zero-order valence-corrected chi connectivity index (χ0v) is 11.8. The Morgan fingerprint density at radius 3 is 2.63 bits per heavy atom. The summed E-state index contributed by atoms with van der Waals surface area (Å²) >= 11 is 0. The molecule has 0 saturated heterocycles. The third kappa shape index (κ3) is 6.94. The van der Waals surface area contributed by atoms with Gasteiger partial charge in [-0.3, -0.25) is 4.79 Å². The minimum Gasteiger partial charge on any atom is -0.389 e.